The summed E-state index contributed by atoms with van der Waals surface area (Å²) in [6.07, 6.45) is 8.86. The van der Waals surface area contributed by atoms with Crippen LogP contribution in [0, 0.1) is 0 Å². The number of nitrogens with one attached hydrogen (secondary N) is 2. The van der Waals surface area contributed by atoms with Gasteiger partial charge in [-0.05, 0) is 31.4 Å². The van der Waals surface area contributed by atoms with E-state index in [1.54, 1.807) is 24.2 Å². The maximum atomic E-state index is 12.4. The highest BCUT2D eigenvalue weighted by Gasteiger charge is 2.27. The number of nitrogens with two attached hydrogens (primary N) is 1. The first-order valence-corrected chi connectivity index (χ1v) is 9.31. The molecule has 126 valence electrons. The van der Waals surface area contributed by atoms with E-state index < -0.39 is 0 Å². The lowest BCUT2D eigenvalue weighted by Crippen LogP contribution is -2.26. The Bertz CT molecular complexity index is 799. The largest absolute Gasteiger partial charge is 0.389 e. The summed E-state index contributed by atoms with van der Waals surface area (Å²) < 4.78 is 2.17. The quantitative estimate of drug-likeness (QED) is 0.796. The van der Waals surface area contributed by atoms with Crippen molar-refractivity contribution in [2.24, 2.45) is 5.73 Å². The van der Waals surface area contributed by atoms with Crippen LogP contribution in [-0.4, -0.2) is 33.8 Å². The zero-order chi connectivity index (χ0) is 16.5. The second kappa shape index (κ2) is 6.49. The van der Waals surface area contributed by atoms with Crippen LogP contribution in [0.3, 0.4) is 0 Å². The minimum atomic E-state index is -0.0787. The van der Waals surface area contributed by atoms with Gasteiger partial charge < -0.3 is 20.9 Å². The summed E-state index contributed by atoms with van der Waals surface area (Å²) in [5, 5.41) is 7.09. The summed E-state index contributed by atoms with van der Waals surface area (Å²) in [6.45, 7) is 0.894. The minimum Gasteiger partial charge on any atom is -0.389 e. The van der Waals surface area contributed by atoms with E-state index in [9.17, 15) is 4.79 Å². The molecule has 3 heterocycles. The van der Waals surface area contributed by atoms with Gasteiger partial charge in [0.1, 0.15) is 5.65 Å². The average Bonchev–Trinajstić information content (AvgIpc) is 3.22. The van der Waals surface area contributed by atoms with Crippen molar-refractivity contribution in [3.8, 4) is 0 Å². The molecular weight excluding hydrogens is 322 g/mol. The molecule has 0 aromatic carbocycles. The number of pyridine rings is 1. The summed E-state index contributed by atoms with van der Waals surface area (Å²) in [5.74, 6) is 0.825. The van der Waals surface area contributed by atoms with Gasteiger partial charge in [-0.1, -0.05) is 0 Å². The van der Waals surface area contributed by atoms with Gasteiger partial charge in [-0.2, -0.15) is 0 Å². The van der Waals surface area contributed by atoms with Crippen molar-refractivity contribution in [3.05, 3.63) is 35.6 Å². The third-order valence-electron chi connectivity index (χ3n) is 4.71. The predicted molar refractivity (Wildman–Crippen MR) is 97.8 cm³/mol. The van der Waals surface area contributed by atoms with Gasteiger partial charge in [0.15, 0.2) is 0 Å². The molecule has 1 aliphatic heterocycles. The van der Waals surface area contributed by atoms with E-state index in [4.69, 9.17) is 5.73 Å². The number of hydrogen-bond donors (Lipinski definition) is 3. The number of aromatic nitrogens is 2. The topological polar surface area (TPSA) is 85.0 Å². The van der Waals surface area contributed by atoms with Crippen LogP contribution in [0.5, 0.6) is 0 Å². The number of nitrogens with zero attached hydrogens (tertiary/aromatic N) is 2. The minimum absolute atomic E-state index is 0.0787. The van der Waals surface area contributed by atoms with Gasteiger partial charge in [0.25, 0.3) is 5.91 Å². The molecule has 0 bridgehead atoms. The normalized spacial score (nSPS) is 23.8. The standard InChI is InChI=1S/C17H21N5OS/c18-12-2-1-3-14(12)22-8-5-11-13(4-6-20-16(11)22)21-17(23)15-10-19-7-9-24-15/h4-6,8,10,12,14,19H,1-3,7,9,18H2,(H,20,21,23)/t12-,14-/m1/s1. The van der Waals surface area contributed by atoms with Crippen LogP contribution in [0.4, 0.5) is 5.69 Å². The maximum absolute atomic E-state index is 12.4. The monoisotopic (exact) mass is 343 g/mol. The highest BCUT2D eigenvalue weighted by atomic mass is 32.2. The number of thioether (sulfide) groups is 1. The molecule has 0 radical (unpaired) electrons. The molecule has 2 aliphatic rings. The Balaban J connectivity index is 1.63. The van der Waals surface area contributed by atoms with Crippen LogP contribution in [0.1, 0.15) is 25.3 Å². The van der Waals surface area contributed by atoms with E-state index >= 15 is 0 Å². The summed E-state index contributed by atoms with van der Waals surface area (Å²) >= 11 is 1.57. The van der Waals surface area contributed by atoms with Crippen molar-refractivity contribution in [3.63, 3.8) is 0 Å². The van der Waals surface area contributed by atoms with E-state index in [0.717, 1.165) is 48.3 Å². The van der Waals surface area contributed by atoms with Crippen LogP contribution in [-0.2, 0) is 4.79 Å². The average molecular weight is 343 g/mol. The van der Waals surface area contributed by atoms with Gasteiger partial charge in [-0.15, -0.1) is 11.8 Å². The van der Waals surface area contributed by atoms with Crippen molar-refractivity contribution in [2.75, 3.05) is 17.6 Å². The van der Waals surface area contributed by atoms with Crippen molar-refractivity contribution < 1.29 is 4.79 Å². The first-order valence-electron chi connectivity index (χ1n) is 8.33. The lowest BCUT2D eigenvalue weighted by Gasteiger charge is -2.18. The highest BCUT2D eigenvalue weighted by Crippen LogP contribution is 2.33. The van der Waals surface area contributed by atoms with Crippen LogP contribution in [0.15, 0.2) is 35.6 Å². The summed E-state index contributed by atoms with van der Waals surface area (Å²) in [6, 6.07) is 4.34. The van der Waals surface area contributed by atoms with Crippen molar-refractivity contribution in [1.82, 2.24) is 14.9 Å². The fourth-order valence-electron chi connectivity index (χ4n) is 3.49. The van der Waals surface area contributed by atoms with Crippen LogP contribution >= 0.6 is 11.8 Å². The van der Waals surface area contributed by atoms with E-state index in [2.05, 4.69) is 20.2 Å². The number of carbonyl (C=O) groups excluding carboxylic acids is 1. The molecule has 0 spiro atoms. The maximum Gasteiger partial charge on any atom is 0.263 e. The molecule has 7 heteroatoms. The molecule has 1 fully saturated rings. The highest BCUT2D eigenvalue weighted by molar-refractivity contribution is 8.04. The molecule has 6 nitrogen and oxygen atoms in total. The van der Waals surface area contributed by atoms with Gasteiger partial charge in [0.05, 0.1) is 16.6 Å². The Morgan fingerprint density at radius 2 is 2.33 bits per heavy atom. The Kier molecular flexibility index (Phi) is 4.20. The second-order valence-corrected chi connectivity index (χ2v) is 7.38. The first-order chi connectivity index (χ1) is 11.7. The number of hydrogen-bond acceptors (Lipinski definition) is 5. The van der Waals surface area contributed by atoms with Gasteiger partial charge >= 0.3 is 0 Å². The number of rotatable bonds is 3. The summed E-state index contributed by atoms with van der Waals surface area (Å²) in [5.41, 5.74) is 7.92. The van der Waals surface area contributed by atoms with Crippen LogP contribution in [0.2, 0.25) is 0 Å². The number of anilines is 1. The lowest BCUT2D eigenvalue weighted by molar-refractivity contribution is -0.112. The third kappa shape index (κ3) is 2.78. The van der Waals surface area contributed by atoms with E-state index in [1.807, 2.05) is 18.3 Å². The second-order valence-electron chi connectivity index (χ2n) is 6.25. The molecule has 1 saturated carbocycles. The zero-order valence-electron chi connectivity index (χ0n) is 13.4. The third-order valence-corrected chi connectivity index (χ3v) is 5.74. The molecule has 2 aromatic rings. The number of carbonyl (C=O) groups is 1. The molecule has 4 N–H and O–H groups in total. The fourth-order valence-corrected chi connectivity index (χ4v) is 4.28. The lowest BCUT2D eigenvalue weighted by atomic mass is 10.2. The summed E-state index contributed by atoms with van der Waals surface area (Å²) in [4.78, 5) is 17.7. The number of amides is 1. The van der Waals surface area contributed by atoms with Crippen LogP contribution in [0.25, 0.3) is 11.0 Å². The number of fused-ring (bicyclic) bond motifs is 1. The van der Waals surface area contributed by atoms with Crippen molar-refractivity contribution >= 4 is 34.4 Å². The zero-order valence-corrected chi connectivity index (χ0v) is 14.2. The molecule has 1 amide bonds. The Morgan fingerprint density at radius 1 is 1.42 bits per heavy atom. The molecule has 1 aliphatic carbocycles. The molecule has 24 heavy (non-hydrogen) atoms. The van der Waals surface area contributed by atoms with Gasteiger partial charge in [0.2, 0.25) is 0 Å². The van der Waals surface area contributed by atoms with Gasteiger partial charge in [0, 0.05) is 42.3 Å². The van der Waals surface area contributed by atoms with Gasteiger partial charge in [-0.3, -0.25) is 4.79 Å². The summed E-state index contributed by atoms with van der Waals surface area (Å²) in [7, 11) is 0. The van der Waals surface area contributed by atoms with Gasteiger partial charge in [-0.25, -0.2) is 4.98 Å². The van der Waals surface area contributed by atoms with Crippen molar-refractivity contribution in [1.29, 1.82) is 0 Å². The fraction of sp³-hybridized carbons (Fsp3) is 0.412. The molecule has 2 aromatic heterocycles. The Hall–Kier alpha value is -1.99. The molecular formula is C17H21N5OS. The Labute approximate surface area is 144 Å². The Morgan fingerprint density at radius 3 is 3.08 bits per heavy atom. The van der Waals surface area contributed by atoms with Crippen molar-refractivity contribution in [2.45, 2.75) is 31.3 Å². The smallest absolute Gasteiger partial charge is 0.263 e. The molecule has 4 rings (SSSR count). The molecule has 0 saturated heterocycles. The van der Waals surface area contributed by atoms with E-state index in [-0.39, 0.29) is 11.9 Å². The first kappa shape index (κ1) is 15.5. The van der Waals surface area contributed by atoms with E-state index in [0.29, 0.717) is 10.9 Å². The predicted octanol–water partition coefficient (Wildman–Crippen LogP) is 2.20. The SMILES string of the molecule is N[C@@H]1CCC[C@H]1n1ccc2c(NC(=O)C3=CNCCS3)ccnc21. The molecule has 2 atom stereocenters. The molecule has 0 unspecified atom stereocenters. The van der Waals surface area contributed by atoms with Crippen LogP contribution < -0.4 is 16.4 Å². The van der Waals surface area contributed by atoms with E-state index in [1.165, 1.54) is 0 Å².